The lowest BCUT2D eigenvalue weighted by molar-refractivity contribution is 0.188. The summed E-state index contributed by atoms with van der Waals surface area (Å²) in [5.74, 6) is 0. The Bertz CT molecular complexity index is 435. The van der Waals surface area contributed by atoms with Gasteiger partial charge in [-0.3, -0.25) is 0 Å². The molecule has 0 aliphatic heterocycles. The highest BCUT2D eigenvalue weighted by molar-refractivity contribution is 7.92. The summed E-state index contributed by atoms with van der Waals surface area (Å²) in [4.78, 5) is 0.239. The molecule has 0 fully saturated rings. The van der Waals surface area contributed by atoms with Crippen LogP contribution < -0.4 is 0 Å². The highest BCUT2D eigenvalue weighted by atomic mass is 32.2. The summed E-state index contributed by atoms with van der Waals surface area (Å²) in [5, 5.41) is 8.69. The van der Waals surface area contributed by atoms with Crippen molar-refractivity contribution in [1.29, 1.82) is 0 Å². The fourth-order valence-corrected chi connectivity index (χ4v) is 3.33. The topological polar surface area (TPSA) is 54.4 Å². The molecule has 16 heavy (non-hydrogen) atoms. The summed E-state index contributed by atoms with van der Waals surface area (Å²) in [7, 11) is -3.48. The minimum atomic E-state index is -3.48. The molecule has 88 valence electrons. The van der Waals surface area contributed by atoms with Gasteiger partial charge in [-0.2, -0.15) is 0 Å². The van der Waals surface area contributed by atoms with Gasteiger partial charge in [-0.05, 0) is 25.5 Å². The number of hydrogen-bond donors (Lipinski definition) is 1. The first-order chi connectivity index (χ1) is 7.50. The molecule has 1 aromatic carbocycles. The largest absolute Gasteiger partial charge is 0.392 e. The lowest BCUT2D eigenvalue weighted by Gasteiger charge is -2.18. The SMILES string of the molecule is C=CC[C@@H]([C@H](C)O)S(=O)(=O)c1ccccc1. The second kappa shape index (κ2) is 5.27. The second-order valence-corrected chi connectivity index (χ2v) is 5.83. The zero-order valence-corrected chi connectivity index (χ0v) is 10.0. The maximum atomic E-state index is 12.2. The van der Waals surface area contributed by atoms with Gasteiger partial charge in [-0.1, -0.05) is 24.3 Å². The molecule has 0 aliphatic rings. The summed E-state index contributed by atoms with van der Waals surface area (Å²) < 4.78 is 24.3. The van der Waals surface area contributed by atoms with E-state index in [1.165, 1.54) is 25.1 Å². The van der Waals surface area contributed by atoms with Gasteiger partial charge in [-0.15, -0.1) is 6.58 Å². The molecule has 1 aromatic rings. The Morgan fingerprint density at radius 2 is 1.94 bits per heavy atom. The highest BCUT2D eigenvalue weighted by Crippen LogP contribution is 2.20. The van der Waals surface area contributed by atoms with Crippen LogP contribution in [0.5, 0.6) is 0 Å². The molecule has 0 saturated carbocycles. The zero-order valence-electron chi connectivity index (χ0n) is 9.20. The molecule has 0 saturated heterocycles. The Balaban J connectivity index is 3.13. The smallest absolute Gasteiger partial charge is 0.184 e. The Hall–Kier alpha value is -1.13. The molecule has 3 nitrogen and oxygen atoms in total. The van der Waals surface area contributed by atoms with Gasteiger partial charge in [0.2, 0.25) is 0 Å². The number of hydrogen-bond acceptors (Lipinski definition) is 3. The van der Waals surface area contributed by atoms with E-state index < -0.39 is 21.2 Å². The van der Waals surface area contributed by atoms with Gasteiger partial charge < -0.3 is 5.11 Å². The van der Waals surface area contributed by atoms with Crippen LogP contribution in [0, 0.1) is 0 Å². The minimum absolute atomic E-state index is 0.239. The normalized spacial score (nSPS) is 15.4. The molecule has 0 spiro atoms. The third-order valence-corrected chi connectivity index (χ3v) is 4.72. The average Bonchev–Trinajstić information content (AvgIpc) is 2.26. The molecule has 0 radical (unpaired) electrons. The molecule has 0 bridgehead atoms. The molecule has 1 N–H and O–H groups in total. The van der Waals surface area contributed by atoms with Crippen molar-refractivity contribution in [1.82, 2.24) is 0 Å². The van der Waals surface area contributed by atoms with Crippen molar-refractivity contribution >= 4 is 9.84 Å². The maximum Gasteiger partial charge on any atom is 0.184 e. The van der Waals surface area contributed by atoms with Gasteiger partial charge >= 0.3 is 0 Å². The van der Waals surface area contributed by atoms with E-state index in [9.17, 15) is 13.5 Å². The predicted molar refractivity (Wildman–Crippen MR) is 63.9 cm³/mol. The molecule has 1 rings (SSSR count). The predicted octanol–water partition coefficient (Wildman–Crippen LogP) is 1.79. The van der Waals surface area contributed by atoms with E-state index in [0.717, 1.165) is 0 Å². The van der Waals surface area contributed by atoms with Gasteiger partial charge in [0, 0.05) is 0 Å². The highest BCUT2D eigenvalue weighted by Gasteiger charge is 2.30. The molecule has 0 aromatic heterocycles. The van der Waals surface area contributed by atoms with E-state index in [-0.39, 0.29) is 11.3 Å². The summed E-state index contributed by atoms with van der Waals surface area (Å²) in [6, 6.07) is 8.16. The number of benzene rings is 1. The van der Waals surface area contributed by atoms with Crippen molar-refractivity contribution in [3.05, 3.63) is 43.0 Å². The first-order valence-electron chi connectivity index (χ1n) is 5.08. The van der Waals surface area contributed by atoms with E-state index in [0.29, 0.717) is 0 Å². The van der Waals surface area contributed by atoms with Crippen molar-refractivity contribution in [3.8, 4) is 0 Å². The van der Waals surface area contributed by atoms with Crippen LogP contribution >= 0.6 is 0 Å². The third-order valence-electron chi connectivity index (χ3n) is 2.41. The lowest BCUT2D eigenvalue weighted by Crippen LogP contribution is -2.31. The molecule has 0 aliphatic carbocycles. The van der Waals surface area contributed by atoms with Crippen molar-refractivity contribution in [3.63, 3.8) is 0 Å². The summed E-state index contributed by atoms with van der Waals surface area (Å²) in [5.41, 5.74) is 0. The quantitative estimate of drug-likeness (QED) is 0.798. The van der Waals surface area contributed by atoms with Gasteiger partial charge in [0.15, 0.2) is 9.84 Å². The molecule has 2 atom stereocenters. The van der Waals surface area contributed by atoms with Gasteiger partial charge in [0.1, 0.15) is 0 Å². The standard InChI is InChI=1S/C12H16O3S/c1-3-7-12(10(2)13)16(14,15)11-8-5-4-6-9-11/h3-6,8-10,12-13H,1,7H2,2H3/t10-,12-/m0/s1. The Morgan fingerprint density at radius 1 is 1.38 bits per heavy atom. The third kappa shape index (κ3) is 2.71. The van der Waals surface area contributed by atoms with Crippen molar-refractivity contribution < 1.29 is 13.5 Å². The van der Waals surface area contributed by atoms with Gasteiger partial charge in [0.05, 0.1) is 16.2 Å². The zero-order chi connectivity index (χ0) is 12.2. The van der Waals surface area contributed by atoms with E-state index in [1.54, 1.807) is 18.2 Å². The molecule has 0 unspecified atom stereocenters. The number of sulfone groups is 1. The van der Waals surface area contributed by atoms with Crippen LogP contribution in [0.4, 0.5) is 0 Å². The maximum absolute atomic E-state index is 12.2. The van der Waals surface area contributed by atoms with Crippen LogP contribution in [0.25, 0.3) is 0 Å². The Labute approximate surface area is 96.4 Å². The molecular formula is C12H16O3S. The summed E-state index contributed by atoms with van der Waals surface area (Å²) in [6.45, 7) is 5.00. The van der Waals surface area contributed by atoms with Crippen LogP contribution in [0.3, 0.4) is 0 Å². The van der Waals surface area contributed by atoms with Crippen LogP contribution in [0.2, 0.25) is 0 Å². The van der Waals surface area contributed by atoms with Crippen molar-refractivity contribution in [2.24, 2.45) is 0 Å². The minimum Gasteiger partial charge on any atom is -0.392 e. The van der Waals surface area contributed by atoms with E-state index >= 15 is 0 Å². The second-order valence-electron chi connectivity index (χ2n) is 3.66. The van der Waals surface area contributed by atoms with E-state index in [4.69, 9.17) is 0 Å². The fourth-order valence-electron chi connectivity index (χ4n) is 1.53. The molecule has 0 amide bonds. The monoisotopic (exact) mass is 240 g/mol. The fraction of sp³-hybridized carbons (Fsp3) is 0.333. The Morgan fingerprint density at radius 3 is 2.38 bits per heavy atom. The summed E-state index contributed by atoms with van der Waals surface area (Å²) in [6.07, 6.45) is 0.843. The van der Waals surface area contributed by atoms with Crippen LogP contribution in [0.15, 0.2) is 47.9 Å². The van der Waals surface area contributed by atoms with Crippen molar-refractivity contribution in [2.45, 2.75) is 29.6 Å². The lowest BCUT2D eigenvalue weighted by atomic mass is 10.2. The number of aliphatic hydroxyl groups excluding tert-OH is 1. The molecule has 4 heteroatoms. The Kier molecular flexibility index (Phi) is 4.26. The van der Waals surface area contributed by atoms with E-state index in [1.807, 2.05) is 0 Å². The first kappa shape index (κ1) is 12.9. The molecule has 0 heterocycles. The van der Waals surface area contributed by atoms with Crippen LogP contribution in [0.1, 0.15) is 13.3 Å². The van der Waals surface area contributed by atoms with Crippen LogP contribution in [-0.4, -0.2) is 24.9 Å². The number of rotatable bonds is 5. The molecular weight excluding hydrogens is 224 g/mol. The van der Waals surface area contributed by atoms with Crippen molar-refractivity contribution in [2.75, 3.05) is 0 Å². The summed E-state index contributed by atoms with van der Waals surface area (Å²) >= 11 is 0. The van der Waals surface area contributed by atoms with E-state index in [2.05, 4.69) is 6.58 Å². The van der Waals surface area contributed by atoms with Gasteiger partial charge in [0.25, 0.3) is 0 Å². The van der Waals surface area contributed by atoms with Gasteiger partial charge in [-0.25, -0.2) is 8.42 Å². The van der Waals surface area contributed by atoms with Crippen LogP contribution in [-0.2, 0) is 9.84 Å². The first-order valence-corrected chi connectivity index (χ1v) is 6.62. The average molecular weight is 240 g/mol. The number of allylic oxidation sites excluding steroid dienone is 1. The number of aliphatic hydroxyl groups is 1.